The van der Waals surface area contributed by atoms with E-state index in [1.54, 1.807) is 12.1 Å². The van der Waals surface area contributed by atoms with E-state index < -0.39 is 5.97 Å². The van der Waals surface area contributed by atoms with Crippen molar-refractivity contribution >= 4 is 23.5 Å². The lowest BCUT2D eigenvalue weighted by Crippen LogP contribution is -2.48. The molecule has 1 aliphatic heterocycles. The van der Waals surface area contributed by atoms with Crippen molar-refractivity contribution in [3.8, 4) is 11.5 Å². The third-order valence-corrected chi connectivity index (χ3v) is 5.64. The van der Waals surface area contributed by atoms with E-state index in [4.69, 9.17) is 21.1 Å². The van der Waals surface area contributed by atoms with Crippen molar-refractivity contribution < 1.29 is 23.8 Å². The summed E-state index contributed by atoms with van der Waals surface area (Å²) in [5.74, 6) is 0.115. The number of nitrogens with zero attached hydrogens (tertiary/aromatic N) is 4. The number of ether oxygens (including phenoxy) is 2. The van der Waals surface area contributed by atoms with Gasteiger partial charge in [-0.3, -0.25) is 4.90 Å². The average molecular weight is 487 g/mol. The number of anilines is 1. The highest BCUT2D eigenvalue weighted by Gasteiger charge is 2.21. The summed E-state index contributed by atoms with van der Waals surface area (Å²) in [6, 6.07) is 12.8. The minimum atomic E-state index is -1.13. The van der Waals surface area contributed by atoms with Crippen LogP contribution in [0.25, 0.3) is 0 Å². The first-order valence-corrected chi connectivity index (χ1v) is 11.2. The van der Waals surface area contributed by atoms with E-state index in [9.17, 15) is 14.3 Å². The Balaban J connectivity index is 1.32. The van der Waals surface area contributed by atoms with Crippen molar-refractivity contribution in [1.82, 2.24) is 14.9 Å². The van der Waals surface area contributed by atoms with E-state index in [0.717, 1.165) is 25.4 Å². The Morgan fingerprint density at radius 2 is 1.82 bits per heavy atom. The van der Waals surface area contributed by atoms with Crippen LogP contribution < -0.4 is 14.4 Å². The third-order valence-electron chi connectivity index (χ3n) is 5.40. The molecule has 0 aliphatic carbocycles. The van der Waals surface area contributed by atoms with Gasteiger partial charge in [0.2, 0.25) is 5.95 Å². The summed E-state index contributed by atoms with van der Waals surface area (Å²) in [6.45, 7) is 4.24. The summed E-state index contributed by atoms with van der Waals surface area (Å²) in [6.07, 6.45) is 1.30. The van der Waals surface area contributed by atoms with Gasteiger partial charge in [-0.1, -0.05) is 17.7 Å². The van der Waals surface area contributed by atoms with Crippen LogP contribution in [0.5, 0.6) is 11.5 Å². The van der Waals surface area contributed by atoms with E-state index in [0.29, 0.717) is 36.4 Å². The molecule has 8 nitrogen and oxygen atoms in total. The maximum absolute atomic E-state index is 13.1. The summed E-state index contributed by atoms with van der Waals surface area (Å²) in [7, 11) is 0. The lowest BCUT2D eigenvalue weighted by Gasteiger charge is -2.34. The van der Waals surface area contributed by atoms with Gasteiger partial charge >= 0.3 is 5.97 Å². The number of rotatable bonds is 9. The molecule has 1 saturated heterocycles. The topological polar surface area (TPSA) is 88.0 Å². The van der Waals surface area contributed by atoms with Gasteiger partial charge in [-0.15, -0.1) is 0 Å². The number of hydrogen-bond donors (Lipinski definition) is 1. The van der Waals surface area contributed by atoms with Gasteiger partial charge in [0.25, 0.3) is 0 Å². The molecule has 1 fully saturated rings. The quantitative estimate of drug-likeness (QED) is 0.489. The molecule has 0 radical (unpaired) electrons. The van der Waals surface area contributed by atoms with Crippen LogP contribution >= 0.6 is 11.6 Å². The SMILES string of the molecule is O=C(O)c1cnc(N2CCN(CCOc3cccc(Cl)c3)CC2)nc1COc1ccc(F)cc1. The summed E-state index contributed by atoms with van der Waals surface area (Å²) in [5, 5.41) is 10.1. The fourth-order valence-electron chi connectivity index (χ4n) is 3.55. The molecular weight excluding hydrogens is 463 g/mol. The highest BCUT2D eigenvalue weighted by atomic mass is 35.5. The van der Waals surface area contributed by atoms with E-state index in [-0.39, 0.29) is 23.7 Å². The molecule has 1 aromatic heterocycles. The summed E-state index contributed by atoms with van der Waals surface area (Å²) in [4.78, 5) is 24.6. The van der Waals surface area contributed by atoms with E-state index in [1.165, 1.54) is 30.5 Å². The van der Waals surface area contributed by atoms with E-state index >= 15 is 0 Å². The van der Waals surface area contributed by atoms with Crippen LogP contribution in [0.4, 0.5) is 10.3 Å². The molecule has 0 spiro atoms. The van der Waals surface area contributed by atoms with E-state index in [2.05, 4.69) is 14.9 Å². The summed E-state index contributed by atoms with van der Waals surface area (Å²) >= 11 is 5.98. The predicted molar refractivity (Wildman–Crippen MR) is 125 cm³/mol. The summed E-state index contributed by atoms with van der Waals surface area (Å²) < 4.78 is 24.5. The molecule has 1 N–H and O–H groups in total. The normalized spacial score (nSPS) is 14.1. The molecule has 0 unspecified atom stereocenters. The second kappa shape index (κ2) is 11.1. The Labute approximate surface area is 201 Å². The fraction of sp³-hybridized carbons (Fsp3) is 0.292. The largest absolute Gasteiger partial charge is 0.492 e. The van der Waals surface area contributed by atoms with Gasteiger partial charge in [0.15, 0.2) is 0 Å². The van der Waals surface area contributed by atoms with Crippen LogP contribution in [0.2, 0.25) is 5.02 Å². The highest BCUT2D eigenvalue weighted by Crippen LogP contribution is 2.19. The van der Waals surface area contributed by atoms with Crippen molar-refractivity contribution in [1.29, 1.82) is 0 Å². The zero-order valence-electron chi connectivity index (χ0n) is 18.4. The third kappa shape index (κ3) is 6.33. The molecule has 178 valence electrons. The van der Waals surface area contributed by atoms with Crippen LogP contribution in [0.3, 0.4) is 0 Å². The number of carbonyl (C=O) groups is 1. The fourth-order valence-corrected chi connectivity index (χ4v) is 3.73. The smallest absolute Gasteiger partial charge is 0.339 e. The van der Waals surface area contributed by atoms with E-state index in [1.807, 2.05) is 17.0 Å². The minimum Gasteiger partial charge on any atom is -0.492 e. The number of carboxylic acid groups (broad SMARTS) is 1. The first kappa shape index (κ1) is 23.7. The Morgan fingerprint density at radius 3 is 2.53 bits per heavy atom. The van der Waals surface area contributed by atoms with Crippen molar-refractivity contribution in [2.45, 2.75) is 6.61 Å². The van der Waals surface area contributed by atoms with Gasteiger partial charge in [0, 0.05) is 43.9 Å². The Morgan fingerprint density at radius 1 is 1.06 bits per heavy atom. The Kier molecular flexibility index (Phi) is 7.76. The molecule has 3 aromatic rings. The number of halogens is 2. The Bertz CT molecular complexity index is 1120. The standard InChI is InChI=1S/C24H24ClFN4O4/c25-17-2-1-3-20(14-17)33-13-12-29-8-10-30(11-9-29)24-27-15-21(23(31)32)22(28-24)16-34-19-6-4-18(26)5-7-19/h1-7,14-15H,8-13,16H2,(H,31,32). The molecule has 1 aliphatic rings. The van der Waals surface area contributed by atoms with Gasteiger partial charge in [0.1, 0.15) is 36.1 Å². The van der Waals surface area contributed by atoms with Crippen molar-refractivity contribution in [3.63, 3.8) is 0 Å². The maximum Gasteiger partial charge on any atom is 0.339 e. The average Bonchev–Trinajstić information content (AvgIpc) is 2.84. The van der Waals surface area contributed by atoms with Crippen LogP contribution in [-0.2, 0) is 6.61 Å². The van der Waals surface area contributed by atoms with Gasteiger partial charge in [-0.2, -0.15) is 0 Å². The highest BCUT2D eigenvalue weighted by molar-refractivity contribution is 6.30. The van der Waals surface area contributed by atoms with Crippen LogP contribution in [-0.4, -0.2) is 65.3 Å². The molecule has 0 amide bonds. The Hall–Kier alpha value is -3.43. The predicted octanol–water partition coefficient (Wildman–Crippen LogP) is 3.75. The number of benzene rings is 2. The summed E-state index contributed by atoms with van der Waals surface area (Å²) in [5.41, 5.74) is 0.238. The van der Waals surface area contributed by atoms with Crippen molar-refractivity contribution in [2.75, 3.05) is 44.2 Å². The van der Waals surface area contributed by atoms with Crippen molar-refractivity contribution in [3.05, 3.63) is 76.8 Å². The molecule has 0 atom stereocenters. The second-order valence-corrected chi connectivity index (χ2v) is 8.15. The van der Waals surface area contributed by atoms with Crippen molar-refractivity contribution in [2.24, 2.45) is 0 Å². The monoisotopic (exact) mass is 486 g/mol. The number of hydrogen-bond acceptors (Lipinski definition) is 7. The second-order valence-electron chi connectivity index (χ2n) is 7.71. The number of aromatic carboxylic acids is 1. The number of aromatic nitrogens is 2. The lowest BCUT2D eigenvalue weighted by molar-refractivity contribution is 0.0692. The molecule has 2 aromatic carbocycles. The van der Waals surface area contributed by atoms with Gasteiger partial charge < -0.3 is 19.5 Å². The van der Waals surface area contributed by atoms with Gasteiger partial charge in [0.05, 0.1) is 5.69 Å². The molecular formula is C24H24ClFN4O4. The maximum atomic E-state index is 13.1. The first-order valence-electron chi connectivity index (χ1n) is 10.8. The molecule has 0 bridgehead atoms. The van der Waals surface area contributed by atoms with Gasteiger partial charge in [-0.25, -0.2) is 19.2 Å². The van der Waals surface area contributed by atoms with Crippen LogP contribution in [0, 0.1) is 5.82 Å². The minimum absolute atomic E-state index is 0.0253. The zero-order valence-corrected chi connectivity index (χ0v) is 19.1. The molecule has 10 heteroatoms. The molecule has 34 heavy (non-hydrogen) atoms. The number of piperazine rings is 1. The van der Waals surface area contributed by atoms with Crippen LogP contribution in [0.1, 0.15) is 16.1 Å². The lowest BCUT2D eigenvalue weighted by atomic mass is 10.2. The van der Waals surface area contributed by atoms with Gasteiger partial charge in [-0.05, 0) is 42.5 Å². The first-order chi connectivity index (χ1) is 16.5. The number of carboxylic acids is 1. The molecule has 2 heterocycles. The van der Waals surface area contributed by atoms with Crippen LogP contribution in [0.15, 0.2) is 54.7 Å². The molecule has 0 saturated carbocycles. The zero-order chi connectivity index (χ0) is 23.9. The molecule has 4 rings (SSSR count).